The van der Waals surface area contributed by atoms with Crippen molar-refractivity contribution in [1.82, 2.24) is 5.32 Å². The summed E-state index contributed by atoms with van der Waals surface area (Å²) in [6.45, 7) is 1.72. The number of hydrogen-bond acceptors (Lipinski definition) is 3. The van der Waals surface area contributed by atoms with Crippen LogP contribution >= 0.6 is 0 Å². The Morgan fingerprint density at radius 1 is 1.44 bits per heavy atom. The van der Waals surface area contributed by atoms with Gasteiger partial charge in [0, 0.05) is 6.04 Å². The summed E-state index contributed by atoms with van der Waals surface area (Å²) in [5.74, 6) is -0.761. The normalized spacial score (nSPS) is 20.1. The number of hydrogen-bond donors (Lipinski definition) is 3. The SMILES string of the molecule is CC(CO)NC(C(=O)O)(c1ccccc1)C1CC1. The van der Waals surface area contributed by atoms with Gasteiger partial charge in [0.25, 0.3) is 0 Å². The molecule has 18 heavy (non-hydrogen) atoms. The van der Waals surface area contributed by atoms with E-state index in [2.05, 4.69) is 5.32 Å². The van der Waals surface area contributed by atoms with Crippen LogP contribution in [0.1, 0.15) is 25.3 Å². The molecule has 0 radical (unpaired) electrons. The lowest BCUT2D eigenvalue weighted by atomic mass is 9.84. The maximum atomic E-state index is 11.8. The third kappa shape index (κ3) is 2.26. The Hall–Kier alpha value is -1.39. The lowest BCUT2D eigenvalue weighted by Crippen LogP contribution is -2.55. The molecule has 0 aliphatic heterocycles. The molecule has 0 heterocycles. The van der Waals surface area contributed by atoms with E-state index in [0.717, 1.165) is 18.4 Å². The second-order valence-electron chi connectivity index (χ2n) is 4.98. The number of carboxylic acids is 1. The second-order valence-corrected chi connectivity index (χ2v) is 4.98. The number of carboxylic acid groups (broad SMARTS) is 1. The topological polar surface area (TPSA) is 69.6 Å². The van der Waals surface area contributed by atoms with Crippen LogP contribution in [0.15, 0.2) is 30.3 Å². The number of benzene rings is 1. The highest BCUT2D eigenvalue weighted by Crippen LogP contribution is 2.46. The van der Waals surface area contributed by atoms with Crippen LogP contribution in [0.2, 0.25) is 0 Å². The predicted molar refractivity (Wildman–Crippen MR) is 68.2 cm³/mol. The van der Waals surface area contributed by atoms with Crippen LogP contribution in [0.4, 0.5) is 0 Å². The molecular weight excluding hydrogens is 230 g/mol. The highest BCUT2D eigenvalue weighted by Gasteiger charge is 2.52. The van der Waals surface area contributed by atoms with Crippen molar-refractivity contribution in [2.24, 2.45) is 5.92 Å². The van der Waals surface area contributed by atoms with Crippen LogP contribution in [-0.2, 0) is 10.3 Å². The van der Waals surface area contributed by atoms with Gasteiger partial charge in [-0.3, -0.25) is 5.32 Å². The molecule has 4 nitrogen and oxygen atoms in total. The average molecular weight is 249 g/mol. The van der Waals surface area contributed by atoms with Gasteiger partial charge in [0.05, 0.1) is 6.61 Å². The van der Waals surface area contributed by atoms with Crippen LogP contribution in [0.25, 0.3) is 0 Å². The van der Waals surface area contributed by atoms with Gasteiger partial charge < -0.3 is 10.2 Å². The van der Waals surface area contributed by atoms with Gasteiger partial charge in [-0.2, -0.15) is 0 Å². The Morgan fingerprint density at radius 2 is 2.06 bits per heavy atom. The van der Waals surface area contributed by atoms with Gasteiger partial charge in [-0.1, -0.05) is 30.3 Å². The van der Waals surface area contributed by atoms with Crippen molar-refractivity contribution in [3.05, 3.63) is 35.9 Å². The largest absolute Gasteiger partial charge is 0.480 e. The molecule has 1 saturated carbocycles. The number of aliphatic hydroxyl groups is 1. The predicted octanol–water partition coefficient (Wildman–Crippen LogP) is 1.35. The van der Waals surface area contributed by atoms with E-state index in [-0.39, 0.29) is 18.6 Å². The van der Waals surface area contributed by atoms with Crippen molar-refractivity contribution in [2.75, 3.05) is 6.61 Å². The molecule has 1 aromatic rings. The second kappa shape index (κ2) is 5.08. The van der Waals surface area contributed by atoms with Crippen LogP contribution in [0.3, 0.4) is 0 Å². The van der Waals surface area contributed by atoms with Gasteiger partial charge in [-0.05, 0) is 31.2 Å². The molecule has 1 aliphatic carbocycles. The van der Waals surface area contributed by atoms with Crippen molar-refractivity contribution in [3.8, 4) is 0 Å². The summed E-state index contributed by atoms with van der Waals surface area (Å²) in [7, 11) is 0. The zero-order valence-electron chi connectivity index (χ0n) is 10.5. The van der Waals surface area contributed by atoms with E-state index >= 15 is 0 Å². The summed E-state index contributed by atoms with van der Waals surface area (Å²) >= 11 is 0. The minimum absolute atomic E-state index is 0.0748. The van der Waals surface area contributed by atoms with Crippen LogP contribution in [0, 0.1) is 5.92 Å². The van der Waals surface area contributed by atoms with Crippen molar-refractivity contribution in [3.63, 3.8) is 0 Å². The van der Waals surface area contributed by atoms with Gasteiger partial charge in [0.2, 0.25) is 0 Å². The first-order valence-electron chi connectivity index (χ1n) is 6.28. The maximum Gasteiger partial charge on any atom is 0.328 e. The fourth-order valence-corrected chi connectivity index (χ4v) is 2.45. The molecule has 0 spiro atoms. The number of aliphatic carboxylic acids is 1. The Kier molecular flexibility index (Phi) is 3.68. The Morgan fingerprint density at radius 3 is 2.50 bits per heavy atom. The Bertz CT molecular complexity index is 416. The average Bonchev–Trinajstić information content (AvgIpc) is 3.21. The molecule has 98 valence electrons. The fraction of sp³-hybridized carbons (Fsp3) is 0.500. The van der Waals surface area contributed by atoms with E-state index in [4.69, 9.17) is 0 Å². The standard InChI is InChI=1S/C14H19NO3/c1-10(9-16)15-14(13(17)18,12-7-8-12)11-5-3-2-4-6-11/h2-6,10,12,15-16H,7-9H2,1H3,(H,17,18). The number of carbonyl (C=O) groups is 1. The van der Waals surface area contributed by atoms with Crippen molar-refractivity contribution in [1.29, 1.82) is 0 Å². The van der Waals surface area contributed by atoms with Crippen LogP contribution < -0.4 is 5.32 Å². The highest BCUT2D eigenvalue weighted by atomic mass is 16.4. The molecule has 1 aliphatic rings. The molecule has 2 unspecified atom stereocenters. The smallest absolute Gasteiger partial charge is 0.328 e. The van der Waals surface area contributed by atoms with E-state index in [9.17, 15) is 15.0 Å². The van der Waals surface area contributed by atoms with Gasteiger partial charge >= 0.3 is 5.97 Å². The minimum Gasteiger partial charge on any atom is -0.480 e. The molecular formula is C14H19NO3. The summed E-state index contributed by atoms with van der Waals surface area (Å²) in [5.41, 5.74) is -0.302. The van der Waals surface area contributed by atoms with Crippen LogP contribution in [-0.4, -0.2) is 28.8 Å². The number of aliphatic hydroxyl groups excluding tert-OH is 1. The Labute approximate surface area is 107 Å². The van der Waals surface area contributed by atoms with Gasteiger partial charge in [-0.25, -0.2) is 4.79 Å². The molecule has 0 aromatic heterocycles. The van der Waals surface area contributed by atoms with Crippen molar-refractivity contribution < 1.29 is 15.0 Å². The van der Waals surface area contributed by atoms with E-state index in [1.165, 1.54) is 0 Å². The first-order chi connectivity index (χ1) is 8.61. The lowest BCUT2D eigenvalue weighted by molar-refractivity contribution is -0.147. The molecule has 1 fully saturated rings. The van der Waals surface area contributed by atoms with E-state index in [1.54, 1.807) is 6.92 Å². The summed E-state index contributed by atoms with van der Waals surface area (Å²) in [6, 6.07) is 8.99. The summed E-state index contributed by atoms with van der Waals surface area (Å²) in [6.07, 6.45) is 1.82. The Balaban J connectivity index is 2.40. The maximum absolute atomic E-state index is 11.8. The molecule has 0 amide bonds. The highest BCUT2D eigenvalue weighted by molar-refractivity contribution is 5.82. The molecule has 2 atom stereocenters. The monoisotopic (exact) mass is 249 g/mol. The zero-order chi connectivity index (χ0) is 13.2. The fourth-order valence-electron chi connectivity index (χ4n) is 2.45. The number of rotatable bonds is 6. The zero-order valence-corrected chi connectivity index (χ0v) is 10.5. The van der Waals surface area contributed by atoms with E-state index in [0.29, 0.717) is 0 Å². The summed E-state index contributed by atoms with van der Waals surface area (Å²) in [4.78, 5) is 11.8. The summed E-state index contributed by atoms with van der Waals surface area (Å²) < 4.78 is 0. The first-order valence-corrected chi connectivity index (χ1v) is 6.28. The van der Waals surface area contributed by atoms with Crippen molar-refractivity contribution >= 4 is 5.97 Å². The minimum atomic E-state index is -1.07. The molecule has 2 rings (SSSR count). The van der Waals surface area contributed by atoms with Gasteiger partial charge in [0.15, 0.2) is 0 Å². The van der Waals surface area contributed by atoms with Crippen molar-refractivity contribution in [2.45, 2.75) is 31.3 Å². The molecule has 3 N–H and O–H groups in total. The van der Waals surface area contributed by atoms with Crippen LogP contribution in [0.5, 0.6) is 0 Å². The lowest BCUT2D eigenvalue weighted by Gasteiger charge is -2.34. The molecule has 4 heteroatoms. The van der Waals surface area contributed by atoms with E-state index < -0.39 is 11.5 Å². The molecule has 0 saturated heterocycles. The third-order valence-corrected chi connectivity index (χ3v) is 3.50. The van der Waals surface area contributed by atoms with E-state index in [1.807, 2.05) is 30.3 Å². The quantitative estimate of drug-likeness (QED) is 0.711. The first kappa shape index (κ1) is 13.1. The molecule has 1 aromatic carbocycles. The summed E-state index contributed by atoms with van der Waals surface area (Å²) in [5, 5.41) is 22.0. The molecule has 0 bridgehead atoms. The third-order valence-electron chi connectivity index (χ3n) is 3.50. The van der Waals surface area contributed by atoms with Gasteiger partial charge in [0.1, 0.15) is 5.54 Å². The van der Waals surface area contributed by atoms with Gasteiger partial charge in [-0.15, -0.1) is 0 Å². The number of nitrogens with one attached hydrogen (secondary N) is 1.